The van der Waals surface area contributed by atoms with Crippen molar-refractivity contribution in [3.8, 4) is 0 Å². The lowest BCUT2D eigenvalue weighted by atomic mass is 9.81. The van der Waals surface area contributed by atoms with E-state index < -0.39 is 41.5 Å². The van der Waals surface area contributed by atoms with E-state index in [9.17, 15) is 19.5 Å². The Balaban J connectivity index is 2.06. The summed E-state index contributed by atoms with van der Waals surface area (Å²) in [4.78, 5) is 36.9. The third-order valence-corrected chi connectivity index (χ3v) is 6.27. The first-order valence-corrected chi connectivity index (χ1v) is 9.09. The summed E-state index contributed by atoms with van der Waals surface area (Å²) in [5.74, 6) is -2.17. The van der Waals surface area contributed by atoms with Gasteiger partial charge in [-0.1, -0.05) is 13.0 Å². The molecule has 6 atom stereocenters. The predicted octanol–water partition coefficient (Wildman–Crippen LogP) is 2.10. The smallest absolute Gasteiger partial charge is 0.333 e. The summed E-state index contributed by atoms with van der Waals surface area (Å²) < 4.78 is 11.3. The first-order chi connectivity index (χ1) is 12.1. The maximum Gasteiger partial charge on any atom is 0.333 e. The van der Waals surface area contributed by atoms with E-state index in [-0.39, 0.29) is 24.6 Å². The average molecular weight is 362 g/mol. The molecule has 2 fully saturated rings. The zero-order valence-corrected chi connectivity index (χ0v) is 15.9. The monoisotopic (exact) mass is 362 g/mol. The number of ether oxygens (including phenoxy) is 2. The van der Waals surface area contributed by atoms with E-state index in [2.05, 4.69) is 0 Å². The molecule has 0 amide bonds. The molecule has 2 aliphatic carbocycles. The van der Waals surface area contributed by atoms with Crippen molar-refractivity contribution in [3.05, 3.63) is 22.8 Å². The number of carbonyl (C=O) groups excluding carboxylic acids is 3. The fourth-order valence-electron chi connectivity index (χ4n) is 4.51. The molecular formula is C20H26O6. The Morgan fingerprint density at radius 3 is 2.65 bits per heavy atom. The van der Waals surface area contributed by atoms with Crippen molar-refractivity contribution in [3.63, 3.8) is 0 Å². The molecule has 142 valence electrons. The van der Waals surface area contributed by atoms with Gasteiger partial charge in [0.1, 0.15) is 12.2 Å². The number of hydrogen-bond donors (Lipinski definition) is 1. The molecule has 0 aromatic carbocycles. The van der Waals surface area contributed by atoms with E-state index in [4.69, 9.17) is 9.47 Å². The van der Waals surface area contributed by atoms with Crippen LogP contribution in [0.3, 0.4) is 0 Å². The van der Waals surface area contributed by atoms with Crippen LogP contribution in [0.1, 0.15) is 47.5 Å². The van der Waals surface area contributed by atoms with Gasteiger partial charge in [-0.2, -0.15) is 0 Å². The van der Waals surface area contributed by atoms with Gasteiger partial charge in [0.15, 0.2) is 5.78 Å². The Bertz CT molecular complexity index is 729. The summed E-state index contributed by atoms with van der Waals surface area (Å²) in [5.41, 5.74) is 0.496. The molecule has 1 heterocycles. The van der Waals surface area contributed by atoms with Gasteiger partial charge >= 0.3 is 11.9 Å². The molecule has 6 heteroatoms. The summed E-state index contributed by atoms with van der Waals surface area (Å²) in [5, 5.41) is 11.1. The molecule has 0 aromatic heterocycles. The van der Waals surface area contributed by atoms with E-state index >= 15 is 0 Å². The lowest BCUT2D eigenvalue weighted by molar-refractivity contribution is -0.152. The second-order valence-electron chi connectivity index (χ2n) is 7.96. The summed E-state index contributed by atoms with van der Waals surface area (Å²) in [6.07, 6.45) is 0.713. The minimum Gasteiger partial charge on any atom is -0.458 e. The van der Waals surface area contributed by atoms with E-state index in [0.717, 1.165) is 0 Å². The highest BCUT2D eigenvalue weighted by atomic mass is 16.6. The molecule has 0 aromatic rings. The third kappa shape index (κ3) is 2.80. The van der Waals surface area contributed by atoms with Crippen LogP contribution in [0.25, 0.3) is 0 Å². The fraction of sp³-hybridized carbons (Fsp3) is 0.650. The lowest BCUT2D eigenvalue weighted by Gasteiger charge is -2.32. The molecule has 0 bridgehead atoms. The van der Waals surface area contributed by atoms with Gasteiger partial charge in [0.25, 0.3) is 0 Å². The molecule has 1 saturated heterocycles. The summed E-state index contributed by atoms with van der Waals surface area (Å²) in [6.45, 7) is 8.54. The molecule has 0 radical (unpaired) electrons. The maximum absolute atomic E-state index is 12.3. The summed E-state index contributed by atoms with van der Waals surface area (Å²) in [7, 11) is 0. The number of fused-ring (bicyclic) bond motifs is 3. The van der Waals surface area contributed by atoms with Gasteiger partial charge < -0.3 is 14.6 Å². The number of allylic oxidation sites excluding steroid dienone is 2. The molecule has 26 heavy (non-hydrogen) atoms. The first-order valence-electron chi connectivity index (χ1n) is 9.09. The molecule has 3 rings (SSSR count). The molecule has 1 saturated carbocycles. The van der Waals surface area contributed by atoms with Crippen LogP contribution >= 0.6 is 0 Å². The van der Waals surface area contributed by atoms with Gasteiger partial charge in [-0.05, 0) is 38.8 Å². The Hall–Kier alpha value is -1.95. The van der Waals surface area contributed by atoms with E-state index in [1.165, 1.54) is 0 Å². The Kier molecular flexibility index (Phi) is 4.59. The van der Waals surface area contributed by atoms with Crippen LogP contribution in [0, 0.1) is 17.8 Å². The number of rotatable bonds is 2. The largest absolute Gasteiger partial charge is 0.458 e. The highest BCUT2D eigenvalue weighted by molar-refractivity contribution is 5.99. The Morgan fingerprint density at radius 1 is 1.38 bits per heavy atom. The van der Waals surface area contributed by atoms with Crippen molar-refractivity contribution in [2.45, 2.75) is 65.3 Å². The van der Waals surface area contributed by atoms with Crippen LogP contribution in [0.4, 0.5) is 0 Å². The van der Waals surface area contributed by atoms with Crippen LogP contribution < -0.4 is 0 Å². The molecule has 6 nitrogen and oxygen atoms in total. The van der Waals surface area contributed by atoms with E-state index in [0.29, 0.717) is 16.7 Å². The Morgan fingerprint density at radius 2 is 2.04 bits per heavy atom. The molecule has 3 aliphatic rings. The molecule has 1 aliphatic heterocycles. The van der Waals surface area contributed by atoms with Gasteiger partial charge in [0.2, 0.25) is 0 Å². The quantitative estimate of drug-likeness (QED) is 0.598. The number of carbonyl (C=O) groups is 3. The van der Waals surface area contributed by atoms with Crippen molar-refractivity contribution in [2.24, 2.45) is 17.8 Å². The van der Waals surface area contributed by atoms with Crippen molar-refractivity contribution in [1.82, 2.24) is 0 Å². The number of hydrogen-bond acceptors (Lipinski definition) is 6. The minimum atomic E-state index is -1.23. The van der Waals surface area contributed by atoms with Gasteiger partial charge in [-0.3, -0.25) is 9.59 Å². The Labute approximate surface area is 153 Å². The average Bonchev–Trinajstić information content (AvgIpc) is 3.00. The van der Waals surface area contributed by atoms with Crippen molar-refractivity contribution in [1.29, 1.82) is 0 Å². The molecule has 1 N–H and O–H groups in total. The van der Waals surface area contributed by atoms with Gasteiger partial charge in [-0.25, -0.2) is 4.79 Å². The molecule has 0 spiro atoms. The first kappa shape index (κ1) is 18.8. The van der Waals surface area contributed by atoms with Crippen LogP contribution in [0.5, 0.6) is 0 Å². The normalized spacial score (nSPS) is 40.1. The van der Waals surface area contributed by atoms with Crippen molar-refractivity contribution in [2.75, 3.05) is 0 Å². The van der Waals surface area contributed by atoms with Crippen molar-refractivity contribution < 1.29 is 29.0 Å². The lowest BCUT2D eigenvalue weighted by Crippen LogP contribution is -2.40. The van der Waals surface area contributed by atoms with Crippen LogP contribution in [0.15, 0.2) is 22.8 Å². The zero-order chi connectivity index (χ0) is 19.4. The predicted molar refractivity (Wildman–Crippen MR) is 92.9 cm³/mol. The maximum atomic E-state index is 12.3. The SMILES string of the molecule is C/C=C(\C)C(=O)O[C@H]1C[C@@](C)(O)[C@@H]2CC(=O)C(C)=C2[C@H]2OC(=O)[C@@H](C)[C@H]12. The highest BCUT2D eigenvalue weighted by Crippen LogP contribution is 2.51. The highest BCUT2D eigenvalue weighted by Gasteiger charge is 2.59. The second kappa shape index (κ2) is 6.34. The fourth-order valence-corrected chi connectivity index (χ4v) is 4.51. The third-order valence-electron chi connectivity index (χ3n) is 6.27. The van der Waals surface area contributed by atoms with Crippen LogP contribution in [0.2, 0.25) is 0 Å². The summed E-state index contributed by atoms with van der Waals surface area (Å²) >= 11 is 0. The van der Waals surface area contributed by atoms with Crippen LogP contribution in [-0.4, -0.2) is 40.6 Å². The van der Waals surface area contributed by atoms with Gasteiger partial charge in [0.05, 0.1) is 17.4 Å². The zero-order valence-electron chi connectivity index (χ0n) is 15.9. The molecule has 0 unspecified atom stereocenters. The van der Waals surface area contributed by atoms with E-state index in [1.54, 1.807) is 40.7 Å². The topological polar surface area (TPSA) is 89.9 Å². The van der Waals surface area contributed by atoms with E-state index in [1.807, 2.05) is 0 Å². The number of Topliss-reactive ketones (excluding diaryl/α,β-unsaturated/α-hetero) is 1. The number of ketones is 1. The number of aliphatic hydroxyl groups is 1. The van der Waals surface area contributed by atoms with Gasteiger partial charge in [-0.15, -0.1) is 0 Å². The standard InChI is InChI=1S/C20H26O6/c1-6-9(2)18(22)25-14-8-20(5,24)12-7-13(21)10(3)15(12)17-16(14)11(4)19(23)26-17/h6,11-12,14,16-17,24H,7-8H2,1-5H3/b9-6+/t11-,12+,14-,16+,17+,20+/m0/s1. The molecular weight excluding hydrogens is 336 g/mol. The van der Waals surface area contributed by atoms with Crippen molar-refractivity contribution >= 4 is 17.7 Å². The van der Waals surface area contributed by atoms with Gasteiger partial charge in [0, 0.05) is 24.3 Å². The minimum absolute atomic E-state index is 0.0279. The van der Waals surface area contributed by atoms with Crippen LogP contribution in [-0.2, 0) is 23.9 Å². The summed E-state index contributed by atoms with van der Waals surface area (Å²) in [6, 6.07) is 0. The second-order valence-corrected chi connectivity index (χ2v) is 7.96. The number of esters is 2.